The molecule has 8 heteroatoms. The summed E-state index contributed by atoms with van der Waals surface area (Å²) in [6, 6.07) is 19.6. The van der Waals surface area contributed by atoms with E-state index in [1.165, 1.54) is 15.4 Å². The van der Waals surface area contributed by atoms with Gasteiger partial charge < -0.3 is 14.4 Å². The lowest BCUT2D eigenvalue weighted by molar-refractivity contribution is -0.143. The van der Waals surface area contributed by atoms with Gasteiger partial charge in [-0.2, -0.15) is 4.31 Å². The van der Waals surface area contributed by atoms with Crippen molar-refractivity contribution in [3.8, 4) is 5.75 Å². The zero-order chi connectivity index (χ0) is 29.1. The van der Waals surface area contributed by atoms with E-state index in [4.69, 9.17) is 9.47 Å². The van der Waals surface area contributed by atoms with Crippen LogP contribution in [0.25, 0.3) is 0 Å². The maximum atomic E-state index is 13.8. The summed E-state index contributed by atoms with van der Waals surface area (Å²) in [4.78, 5) is 15.3. The predicted molar refractivity (Wildman–Crippen MR) is 159 cm³/mol. The molecule has 3 aromatic rings. The second-order valence-corrected chi connectivity index (χ2v) is 13.1. The topological polar surface area (TPSA) is 76.1 Å². The average molecular weight is 577 g/mol. The Labute approximate surface area is 244 Å². The number of carbonyl (C=O) groups excluding carboxylic acids is 1. The lowest BCUT2D eigenvalue weighted by Gasteiger charge is -2.27. The summed E-state index contributed by atoms with van der Waals surface area (Å²) in [6.45, 7) is 8.57. The zero-order valence-corrected chi connectivity index (χ0v) is 25.2. The van der Waals surface area contributed by atoms with Crippen LogP contribution in [0.1, 0.15) is 66.0 Å². The molecule has 0 saturated heterocycles. The summed E-state index contributed by atoms with van der Waals surface area (Å²) < 4.78 is 40.6. The van der Waals surface area contributed by atoms with Crippen LogP contribution < -0.4 is 4.74 Å². The molecule has 2 aliphatic rings. The molecular weight excluding hydrogens is 536 g/mol. The number of carbonyl (C=O) groups is 1. The molecule has 5 rings (SSSR count). The van der Waals surface area contributed by atoms with Gasteiger partial charge in [-0.15, -0.1) is 0 Å². The molecule has 0 amide bonds. The summed E-state index contributed by atoms with van der Waals surface area (Å²) in [7, 11) is -1.64. The number of likely N-dealkylation sites (N-methyl/N-ethyl adjacent to an activating group) is 1. The molecular formula is C33H40N2O5S. The Bertz CT molecular complexity index is 1520. The van der Waals surface area contributed by atoms with E-state index in [0.29, 0.717) is 18.8 Å². The van der Waals surface area contributed by atoms with Crippen LogP contribution in [0.4, 0.5) is 0 Å². The SMILES string of the molecule is CCOC(=O)CC(c1ccc(C)c(CN2C[C@@H](CC)Oc3ccccc3S2(=O)=O)c1)c1ccc2c(c1)CCN(C)C2. The third kappa shape index (κ3) is 6.35. The zero-order valence-electron chi connectivity index (χ0n) is 24.4. The largest absolute Gasteiger partial charge is 0.488 e. The van der Waals surface area contributed by atoms with Gasteiger partial charge in [-0.05, 0) is 79.3 Å². The first-order valence-corrected chi connectivity index (χ1v) is 15.9. The average Bonchev–Trinajstić information content (AvgIpc) is 3.06. The van der Waals surface area contributed by atoms with Crippen LogP contribution in [-0.4, -0.2) is 56.4 Å². The van der Waals surface area contributed by atoms with Gasteiger partial charge in [-0.25, -0.2) is 8.42 Å². The molecule has 218 valence electrons. The fraction of sp³-hybridized carbons (Fsp3) is 0.424. The quantitative estimate of drug-likeness (QED) is 0.333. The number of rotatable bonds is 8. The van der Waals surface area contributed by atoms with Crippen LogP contribution in [-0.2, 0) is 39.1 Å². The van der Waals surface area contributed by atoms with Crippen LogP contribution in [0, 0.1) is 6.92 Å². The van der Waals surface area contributed by atoms with Gasteiger partial charge >= 0.3 is 5.97 Å². The summed E-state index contributed by atoms with van der Waals surface area (Å²) in [5.74, 6) is -0.0429. The Hall–Kier alpha value is -3.20. The lowest BCUT2D eigenvalue weighted by atomic mass is 9.84. The number of ether oxygens (including phenoxy) is 2. The molecule has 2 atom stereocenters. The van der Waals surface area contributed by atoms with Crippen molar-refractivity contribution in [2.45, 2.75) is 70.0 Å². The Balaban J connectivity index is 1.51. The number of aryl methyl sites for hydroxylation is 1. The van der Waals surface area contributed by atoms with Gasteiger partial charge in [0, 0.05) is 25.6 Å². The highest BCUT2D eigenvalue weighted by Gasteiger charge is 2.34. The van der Waals surface area contributed by atoms with Crippen molar-refractivity contribution in [1.29, 1.82) is 0 Å². The second kappa shape index (κ2) is 12.3. The Morgan fingerprint density at radius 2 is 1.80 bits per heavy atom. The number of fused-ring (bicyclic) bond motifs is 2. The van der Waals surface area contributed by atoms with Crippen LogP contribution in [0.5, 0.6) is 5.75 Å². The maximum absolute atomic E-state index is 13.8. The Kier molecular flexibility index (Phi) is 8.82. The van der Waals surface area contributed by atoms with Gasteiger partial charge in [-0.1, -0.05) is 55.5 Å². The highest BCUT2D eigenvalue weighted by Crippen LogP contribution is 2.35. The number of hydrogen-bond donors (Lipinski definition) is 0. The molecule has 41 heavy (non-hydrogen) atoms. The highest BCUT2D eigenvalue weighted by molar-refractivity contribution is 7.89. The van der Waals surface area contributed by atoms with Gasteiger partial charge in [0.15, 0.2) is 0 Å². The number of para-hydroxylation sites is 1. The molecule has 2 aliphatic heterocycles. The van der Waals surface area contributed by atoms with Gasteiger partial charge in [0.2, 0.25) is 10.0 Å². The summed E-state index contributed by atoms with van der Waals surface area (Å²) in [6.07, 6.45) is 1.63. The number of esters is 1. The van der Waals surface area contributed by atoms with Gasteiger partial charge in [0.25, 0.3) is 0 Å². The predicted octanol–water partition coefficient (Wildman–Crippen LogP) is 5.43. The molecule has 3 aromatic carbocycles. The summed E-state index contributed by atoms with van der Waals surface area (Å²) in [5.41, 5.74) is 6.60. The lowest BCUT2D eigenvalue weighted by Crippen LogP contribution is -2.36. The van der Waals surface area contributed by atoms with E-state index >= 15 is 0 Å². The number of nitrogens with zero attached hydrogens (tertiary/aromatic N) is 2. The van der Waals surface area contributed by atoms with E-state index in [0.717, 1.165) is 41.8 Å². The molecule has 0 N–H and O–H groups in total. The van der Waals surface area contributed by atoms with Crippen LogP contribution in [0.3, 0.4) is 0 Å². The standard InChI is InChI=1S/C33H40N2O5S/c1-5-29-22-35(41(37,38)32-10-8-7-9-31(32)40-29)21-28-18-25(12-11-23(28)3)30(19-33(36)39-6-2)26-13-14-27-20-34(4)16-15-24(27)17-26/h7-14,17-18,29-30H,5-6,15-16,19-22H2,1-4H3/t29-,30?/m1/s1. The van der Waals surface area contributed by atoms with Gasteiger partial charge in [0.1, 0.15) is 16.7 Å². The van der Waals surface area contributed by atoms with E-state index in [-0.39, 0.29) is 42.4 Å². The number of benzene rings is 3. The molecule has 0 saturated carbocycles. The first-order chi connectivity index (χ1) is 19.7. The molecule has 0 spiro atoms. The van der Waals surface area contributed by atoms with E-state index in [2.05, 4.69) is 42.3 Å². The van der Waals surface area contributed by atoms with Crippen molar-refractivity contribution in [2.75, 3.05) is 26.7 Å². The molecule has 1 unspecified atom stereocenters. The van der Waals surface area contributed by atoms with E-state index < -0.39 is 10.0 Å². The number of sulfonamides is 1. The van der Waals surface area contributed by atoms with Gasteiger partial charge in [-0.3, -0.25) is 4.79 Å². The fourth-order valence-electron chi connectivity index (χ4n) is 5.82. The van der Waals surface area contributed by atoms with Crippen molar-refractivity contribution in [3.05, 3.63) is 94.0 Å². The van der Waals surface area contributed by atoms with E-state index in [9.17, 15) is 13.2 Å². The Morgan fingerprint density at radius 1 is 1.05 bits per heavy atom. The fourth-order valence-corrected chi connectivity index (χ4v) is 7.39. The minimum atomic E-state index is -3.77. The Morgan fingerprint density at radius 3 is 2.59 bits per heavy atom. The molecule has 0 fully saturated rings. The van der Waals surface area contributed by atoms with E-state index in [1.807, 2.05) is 26.8 Å². The van der Waals surface area contributed by atoms with Gasteiger partial charge in [0.05, 0.1) is 19.6 Å². The van der Waals surface area contributed by atoms with Crippen LogP contribution in [0.2, 0.25) is 0 Å². The molecule has 0 radical (unpaired) electrons. The smallest absolute Gasteiger partial charge is 0.306 e. The number of hydrogen-bond acceptors (Lipinski definition) is 6. The first-order valence-electron chi connectivity index (χ1n) is 14.5. The minimum Gasteiger partial charge on any atom is -0.488 e. The van der Waals surface area contributed by atoms with Crippen molar-refractivity contribution >= 4 is 16.0 Å². The first kappa shape index (κ1) is 29.3. The monoisotopic (exact) mass is 576 g/mol. The van der Waals surface area contributed by atoms with Crippen molar-refractivity contribution in [3.63, 3.8) is 0 Å². The third-order valence-corrected chi connectivity index (χ3v) is 10.1. The van der Waals surface area contributed by atoms with Crippen LogP contribution >= 0.6 is 0 Å². The maximum Gasteiger partial charge on any atom is 0.306 e. The normalized spacial score (nSPS) is 19.4. The second-order valence-electron chi connectivity index (χ2n) is 11.2. The summed E-state index contributed by atoms with van der Waals surface area (Å²) in [5, 5.41) is 0. The summed E-state index contributed by atoms with van der Waals surface area (Å²) >= 11 is 0. The third-order valence-electron chi connectivity index (χ3n) is 8.26. The van der Waals surface area contributed by atoms with E-state index in [1.54, 1.807) is 24.3 Å². The molecule has 2 heterocycles. The molecule has 0 aliphatic carbocycles. The van der Waals surface area contributed by atoms with Crippen molar-refractivity contribution in [2.24, 2.45) is 0 Å². The molecule has 7 nitrogen and oxygen atoms in total. The van der Waals surface area contributed by atoms with Crippen molar-refractivity contribution < 1.29 is 22.7 Å². The highest BCUT2D eigenvalue weighted by atomic mass is 32.2. The minimum absolute atomic E-state index is 0.199. The van der Waals surface area contributed by atoms with Crippen molar-refractivity contribution in [1.82, 2.24) is 9.21 Å². The van der Waals surface area contributed by atoms with Crippen LogP contribution in [0.15, 0.2) is 65.6 Å². The molecule has 0 aromatic heterocycles. The molecule has 0 bridgehead atoms.